The first-order chi connectivity index (χ1) is 17.6. The lowest BCUT2D eigenvalue weighted by Crippen LogP contribution is -2.40. The number of carbonyl (C=O) groups is 2. The summed E-state index contributed by atoms with van der Waals surface area (Å²) in [5.41, 5.74) is 1.06. The molecule has 2 amide bonds. The van der Waals surface area contributed by atoms with Crippen LogP contribution in [0, 0.1) is 5.92 Å². The van der Waals surface area contributed by atoms with Gasteiger partial charge < -0.3 is 14.6 Å². The second-order valence-corrected chi connectivity index (χ2v) is 13.0. The number of piperidine rings is 1. The van der Waals surface area contributed by atoms with E-state index >= 15 is 0 Å². The minimum absolute atomic E-state index is 0.0206. The van der Waals surface area contributed by atoms with Crippen LogP contribution in [0.15, 0.2) is 57.9 Å². The number of nitrogens with zero attached hydrogens (tertiary/aromatic N) is 3. The number of hydrogen-bond donors (Lipinski definition) is 1. The highest BCUT2D eigenvalue weighted by Gasteiger charge is 2.26. The number of benzene rings is 1. The maximum atomic E-state index is 13.1. The first-order valence-corrected chi connectivity index (χ1v) is 14.4. The zero-order valence-electron chi connectivity index (χ0n) is 21.4. The number of amides is 2. The van der Waals surface area contributed by atoms with Gasteiger partial charge in [-0.05, 0) is 49.1 Å². The van der Waals surface area contributed by atoms with Crippen molar-refractivity contribution in [1.82, 2.24) is 14.9 Å². The SMILES string of the molecule is C=CC(=O)Nc1ccc(C(=O)N2CCC[C@@H](Cc3ncc(S(=O)Cc4ncc(C(C)(C)C)o4)s3)C2)cc1. The molecule has 1 saturated heterocycles. The minimum Gasteiger partial charge on any atom is -0.444 e. The van der Waals surface area contributed by atoms with Crippen LogP contribution in [0.1, 0.15) is 60.6 Å². The Kier molecular flexibility index (Phi) is 8.39. The summed E-state index contributed by atoms with van der Waals surface area (Å²) in [6, 6.07) is 6.89. The monoisotopic (exact) mass is 540 g/mol. The van der Waals surface area contributed by atoms with Crippen molar-refractivity contribution in [2.45, 2.75) is 55.4 Å². The maximum Gasteiger partial charge on any atom is 0.253 e. The average Bonchev–Trinajstić information content (AvgIpc) is 3.54. The van der Waals surface area contributed by atoms with E-state index in [0.29, 0.717) is 34.4 Å². The summed E-state index contributed by atoms with van der Waals surface area (Å²) >= 11 is 1.45. The number of nitrogens with one attached hydrogen (secondary N) is 1. The van der Waals surface area contributed by atoms with Gasteiger partial charge in [-0.3, -0.25) is 13.8 Å². The Labute approximate surface area is 223 Å². The number of rotatable bonds is 8. The maximum absolute atomic E-state index is 13.1. The van der Waals surface area contributed by atoms with Gasteiger partial charge in [-0.15, -0.1) is 11.3 Å². The predicted octanol–water partition coefficient (Wildman–Crippen LogP) is 4.96. The van der Waals surface area contributed by atoms with Gasteiger partial charge in [0.15, 0.2) is 0 Å². The fourth-order valence-corrected chi connectivity index (χ4v) is 6.40. The Morgan fingerprint density at radius 3 is 2.68 bits per heavy atom. The number of oxazole rings is 1. The molecule has 0 aliphatic carbocycles. The third-order valence-electron chi connectivity index (χ3n) is 6.16. The summed E-state index contributed by atoms with van der Waals surface area (Å²) in [6.07, 6.45) is 7.27. The summed E-state index contributed by atoms with van der Waals surface area (Å²) in [5.74, 6) is 1.44. The molecule has 0 bridgehead atoms. The van der Waals surface area contributed by atoms with Crippen molar-refractivity contribution in [2.24, 2.45) is 5.92 Å². The van der Waals surface area contributed by atoms with Crippen molar-refractivity contribution in [3.05, 3.63) is 71.5 Å². The summed E-state index contributed by atoms with van der Waals surface area (Å²) < 4.78 is 19.4. The van der Waals surface area contributed by atoms with Crippen LogP contribution in [0.4, 0.5) is 5.69 Å². The van der Waals surface area contributed by atoms with E-state index in [1.165, 1.54) is 17.4 Å². The van der Waals surface area contributed by atoms with Crippen molar-refractivity contribution < 1.29 is 18.2 Å². The lowest BCUT2D eigenvalue weighted by Gasteiger charge is -2.32. The summed E-state index contributed by atoms with van der Waals surface area (Å²) in [7, 11) is -1.28. The highest BCUT2D eigenvalue weighted by molar-refractivity contribution is 7.86. The fourth-order valence-electron chi connectivity index (χ4n) is 4.14. The number of carbonyl (C=O) groups excluding carboxylic acids is 2. The van der Waals surface area contributed by atoms with Gasteiger partial charge in [0.25, 0.3) is 5.91 Å². The van der Waals surface area contributed by atoms with Gasteiger partial charge in [-0.1, -0.05) is 27.4 Å². The van der Waals surface area contributed by atoms with E-state index < -0.39 is 10.8 Å². The Bertz CT molecular complexity index is 1290. The molecular formula is C27H32N4O4S2. The number of hydrogen-bond acceptors (Lipinski definition) is 7. The standard InChI is InChI=1S/C27H32N4O4S2/c1-5-22(32)30-20-10-8-19(9-11-20)26(33)31-12-6-7-18(16-31)13-24-29-15-25(36-24)37(34)17-23-28-14-21(35-23)27(2,3)4/h5,8-11,14-15,18H,1,6-7,12-13,16-17H2,2-4H3,(H,30,32)/t18-,37?/m0/s1. The third-order valence-corrected chi connectivity index (χ3v) is 8.84. The van der Waals surface area contributed by atoms with Crippen LogP contribution in [0.25, 0.3) is 0 Å². The van der Waals surface area contributed by atoms with Crippen LogP contribution < -0.4 is 5.32 Å². The Morgan fingerprint density at radius 2 is 2.00 bits per heavy atom. The summed E-state index contributed by atoms with van der Waals surface area (Å²) in [4.78, 5) is 35.2. The van der Waals surface area contributed by atoms with Gasteiger partial charge >= 0.3 is 0 Å². The topological polar surface area (TPSA) is 105 Å². The first-order valence-electron chi connectivity index (χ1n) is 12.2. The molecule has 1 aromatic carbocycles. The van der Waals surface area contributed by atoms with Gasteiger partial charge in [0.2, 0.25) is 11.8 Å². The van der Waals surface area contributed by atoms with Crippen LogP contribution in [0.3, 0.4) is 0 Å². The van der Waals surface area contributed by atoms with E-state index in [9.17, 15) is 13.8 Å². The van der Waals surface area contributed by atoms with Crippen molar-refractivity contribution in [2.75, 3.05) is 18.4 Å². The lowest BCUT2D eigenvalue weighted by molar-refractivity contribution is -0.111. The molecule has 3 aromatic rings. The molecule has 37 heavy (non-hydrogen) atoms. The molecule has 196 valence electrons. The van der Waals surface area contributed by atoms with Crippen LogP contribution >= 0.6 is 11.3 Å². The molecule has 2 atom stereocenters. The molecule has 8 nitrogen and oxygen atoms in total. The van der Waals surface area contributed by atoms with Gasteiger partial charge in [-0.2, -0.15) is 0 Å². The molecule has 0 radical (unpaired) electrons. The minimum atomic E-state index is -1.28. The molecule has 1 N–H and O–H groups in total. The number of anilines is 1. The average molecular weight is 541 g/mol. The number of aromatic nitrogens is 2. The Balaban J connectivity index is 1.32. The van der Waals surface area contributed by atoms with Crippen molar-refractivity contribution in [1.29, 1.82) is 0 Å². The van der Waals surface area contributed by atoms with Gasteiger partial charge in [0.1, 0.15) is 15.7 Å². The molecule has 1 aliphatic rings. The normalized spacial score (nSPS) is 16.8. The van der Waals surface area contributed by atoms with E-state index in [1.807, 2.05) is 25.7 Å². The second-order valence-electron chi connectivity index (χ2n) is 10.2. The van der Waals surface area contributed by atoms with Crippen molar-refractivity contribution >= 4 is 39.6 Å². The highest BCUT2D eigenvalue weighted by atomic mass is 32.2. The van der Waals surface area contributed by atoms with E-state index in [1.54, 1.807) is 36.7 Å². The van der Waals surface area contributed by atoms with Gasteiger partial charge in [0, 0.05) is 36.2 Å². The molecule has 3 heterocycles. The molecule has 0 saturated carbocycles. The molecule has 1 fully saturated rings. The van der Waals surface area contributed by atoms with Crippen molar-refractivity contribution in [3.63, 3.8) is 0 Å². The fraction of sp³-hybridized carbons (Fsp3) is 0.407. The second kappa shape index (κ2) is 11.5. The van der Waals surface area contributed by atoms with Gasteiger partial charge in [-0.25, -0.2) is 9.97 Å². The number of thiazole rings is 1. The summed E-state index contributed by atoms with van der Waals surface area (Å²) in [6.45, 7) is 10.9. The van der Waals surface area contributed by atoms with Crippen molar-refractivity contribution in [3.8, 4) is 0 Å². The zero-order chi connectivity index (χ0) is 26.6. The van der Waals surface area contributed by atoms with Crippen LogP contribution in [0.5, 0.6) is 0 Å². The molecule has 0 spiro atoms. The van der Waals surface area contributed by atoms with E-state index in [2.05, 4.69) is 21.9 Å². The molecular weight excluding hydrogens is 508 g/mol. The predicted molar refractivity (Wildman–Crippen MR) is 145 cm³/mol. The first kappa shape index (κ1) is 26.9. The summed E-state index contributed by atoms with van der Waals surface area (Å²) in [5, 5.41) is 3.61. The molecule has 2 aromatic heterocycles. The van der Waals surface area contributed by atoms with Gasteiger partial charge in [0.05, 0.1) is 28.2 Å². The van der Waals surface area contributed by atoms with Crippen LogP contribution in [0.2, 0.25) is 0 Å². The Morgan fingerprint density at radius 1 is 1.24 bits per heavy atom. The van der Waals surface area contributed by atoms with E-state index in [4.69, 9.17) is 4.42 Å². The zero-order valence-corrected chi connectivity index (χ0v) is 23.0. The number of likely N-dealkylation sites (tertiary alicyclic amines) is 1. The van der Waals surface area contributed by atoms with Crippen LogP contribution in [-0.2, 0) is 33.2 Å². The molecule has 1 aliphatic heterocycles. The van der Waals surface area contributed by atoms with E-state index in [-0.39, 0.29) is 28.9 Å². The Hall–Kier alpha value is -3.11. The molecule has 10 heteroatoms. The third kappa shape index (κ3) is 7.01. The molecule has 1 unspecified atom stereocenters. The lowest BCUT2D eigenvalue weighted by atomic mass is 9.94. The highest BCUT2D eigenvalue weighted by Crippen LogP contribution is 2.28. The smallest absolute Gasteiger partial charge is 0.253 e. The largest absolute Gasteiger partial charge is 0.444 e. The quantitative estimate of drug-likeness (QED) is 0.405. The van der Waals surface area contributed by atoms with Crippen LogP contribution in [-0.4, -0.2) is 44.0 Å². The van der Waals surface area contributed by atoms with E-state index in [0.717, 1.165) is 30.0 Å². The molecule has 4 rings (SSSR count).